The third kappa shape index (κ3) is 4.63. The molecule has 0 unspecified atom stereocenters. The average Bonchev–Trinajstić information content (AvgIpc) is 3.03. The lowest BCUT2D eigenvalue weighted by atomic mass is 10.1. The molecule has 8 nitrogen and oxygen atoms in total. The van der Waals surface area contributed by atoms with Crippen LogP contribution in [0.3, 0.4) is 0 Å². The Bertz CT molecular complexity index is 1030. The molecule has 2 aromatic carbocycles. The van der Waals surface area contributed by atoms with Gasteiger partial charge in [0.15, 0.2) is 0 Å². The molecule has 0 spiro atoms. The summed E-state index contributed by atoms with van der Waals surface area (Å²) in [5.74, 6) is 0.783. The molecule has 0 amide bonds. The van der Waals surface area contributed by atoms with E-state index in [2.05, 4.69) is 0 Å². The molecule has 9 heteroatoms. The molecular weight excluding hydrogens is 398 g/mol. The summed E-state index contributed by atoms with van der Waals surface area (Å²) in [5.41, 5.74) is 1.65. The number of rotatable bonds is 7. The number of carbonyl (C=O) groups excluding carboxylic acids is 1. The molecule has 0 aliphatic carbocycles. The molecule has 1 heterocycles. The Hall–Kier alpha value is -2.78. The number of nitrogens with two attached hydrogens (primary N) is 1. The van der Waals surface area contributed by atoms with Crippen molar-refractivity contribution in [2.75, 3.05) is 13.7 Å². The first-order valence-electron chi connectivity index (χ1n) is 9.06. The maximum atomic E-state index is 12.6. The standard InChI is InChI=1S/C20H23NO7S/c1-4-26-18-8-13-7-12(2)28-19(13)9-14(18)11-27-20(22)16-10-15(29(21,23)24)5-6-17(16)25-3/h5-6,8-10,12H,4,7,11H2,1-3H3,(H2,21,23,24)/t12-/m0/s1. The predicted molar refractivity (Wildman–Crippen MR) is 105 cm³/mol. The fraction of sp³-hybridized carbons (Fsp3) is 0.350. The van der Waals surface area contributed by atoms with Crippen LogP contribution < -0.4 is 19.3 Å². The van der Waals surface area contributed by atoms with Crippen molar-refractivity contribution in [3.05, 3.63) is 47.0 Å². The van der Waals surface area contributed by atoms with Crippen LogP contribution in [0.15, 0.2) is 35.2 Å². The van der Waals surface area contributed by atoms with Crippen LogP contribution >= 0.6 is 0 Å². The zero-order valence-electron chi connectivity index (χ0n) is 16.4. The van der Waals surface area contributed by atoms with Crippen molar-refractivity contribution < 1.29 is 32.2 Å². The monoisotopic (exact) mass is 421 g/mol. The second-order valence-electron chi connectivity index (χ2n) is 6.62. The van der Waals surface area contributed by atoms with Gasteiger partial charge in [0.2, 0.25) is 10.0 Å². The van der Waals surface area contributed by atoms with Crippen molar-refractivity contribution in [1.29, 1.82) is 0 Å². The summed E-state index contributed by atoms with van der Waals surface area (Å²) in [6.07, 6.45) is 0.857. The number of primary sulfonamides is 1. The van der Waals surface area contributed by atoms with E-state index in [0.717, 1.165) is 23.8 Å². The minimum Gasteiger partial charge on any atom is -0.496 e. The lowest BCUT2D eigenvalue weighted by Crippen LogP contribution is -2.14. The summed E-state index contributed by atoms with van der Waals surface area (Å²) >= 11 is 0. The topological polar surface area (TPSA) is 114 Å². The van der Waals surface area contributed by atoms with Gasteiger partial charge in [0, 0.05) is 17.5 Å². The first kappa shape index (κ1) is 20.9. The van der Waals surface area contributed by atoms with Crippen LogP contribution in [-0.4, -0.2) is 34.2 Å². The first-order valence-corrected chi connectivity index (χ1v) is 10.6. The van der Waals surface area contributed by atoms with E-state index in [1.165, 1.54) is 19.2 Å². The van der Waals surface area contributed by atoms with Crippen molar-refractivity contribution in [2.45, 2.75) is 37.9 Å². The maximum absolute atomic E-state index is 12.6. The Kier molecular flexibility index (Phi) is 5.99. The lowest BCUT2D eigenvalue weighted by molar-refractivity contribution is 0.0465. The number of hydrogen-bond acceptors (Lipinski definition) is 7. The van der Waals surface area contributed by atoms with Gasteiger partial charge in [-0.1, -0.05) is 0 Å². The van der Waals surface area contributed by atoms with Gasteiger partial charge < -0.3 is 18.9 Å². The second kappa shape index (κ2) is 8.30. The van der Waals surface area contributed by atoms with Gasteiger partial charge in [-0.15, -0.1) is 0 Å². The Balaban J connectivity index is 1.85. The minimum atomic E-state index is -3.98. The molecule has 0 fully saturated rings. The SMILES string of the molecule is CCOc1cc2c(cc1COC(=O)c1cc(S(N)(=O)=O)ccc1OC)O[C@@H](C)C2. The Morgan fingerprint density at radius 1 is 1.24 bits per heavy atom. The highest BCUT2D eigenvalue weighted by molar-refractivity contribution is 7.89. The van der Waals surface area contributed by atoms with Crippen LogP contribution in [0.25, 0.3) is 0 Å². The number of carbonyl (C=O) groups is 1. The van der Waals surface area contributed by atoms with E-state index >= 15 is 0 Å². The summed E-state index contributed by atoms with van der Waals surface area (Å²) in [7, 11) is -2.61. The highest BCUT2D eigenvalue weighted by atomic mass is 32.2. The molecule has 3 rings (SSSR count). The van der Waals surface area contributed by atoms with E-state index in [0.29, 0.717) is 17.9 Å². The van der Waals surface area contributed by atoms with Gasteiger partial charge >= 0.3 is 5.97 Å². The highest BCUT2D eigenvalue weighted by Crippen LogP contribution is 2.35. The van der Waals surface area contributed by atoms with E-state index < -0.39 is 16.0 Å². The van der Waals surface area contributed by atoms with Gasteiger partial charge in [-0.3, -0.25) is 0 Å². The van der Waals surface area contributed by atoms with Crippen molar-refractivity contribution in [3.63, 3.8) is 0 Å². The van der Waals surface area contributed by atoms with Crippen LogP contribution in [-0.2, 0) is 27.8 Å². The largest absolute Gasteiger partial charge is 0.496 e. The number of sulfonamides is 1. The molecule has 0 radical (unpaired) electrons. The number of benzene rings is 2. The van der Waals surface area contributed by atoms with Gasteiger partial charge in [0.1, 0.15) is 35.5 Å². The molecule has 156 valence electrons. The third-order valence-electron chi connectivity index (χ3n) is 4.46. The Morgan fingerprint density at radius 2 is 2.00 bits per heavy atom. The molecule has 1 atom stereocenters. The quantitative estimate of drug-likeness (QED) is 0.683. The smallest absolute Gasteiger partial charge is 0.342 e. The summed E-state index contributed by atoms with van der Waals surface area (Å²) in [6.45, 7) is 4.22. The zero-order chi connectivity index (χ0) is 21.2. The number of esters is 1. The van der Waals surface area contributed by atoms with Gasteiger partial charge in [-0.05, 0) is 44.2 Å². The molecule has 0 saturated carbocycles. The van der Waals surface area contributed by atoms with Crippen LogP contribution in [0, 0.1) is 0 Å². The van der Waals surface area contributed by atoms with Crippen LogP contribution in [0.2, 0.25) is 0 Å². The number of fused-ring (bicyclic) bond motifs is 1. The summed E-state index contributed by atoms with van der Waals surface area (Å²) in [6, 6.07) is 7.44. The molecule has 0 aromatic heterocycles. The van der Waals surface area contributed by atoms with E-state index in [1.807, 2.05) is 19.9 Å². The third-order valence-corrected chi connectivity index (χ3v) is 5.37. The second-order valence-corrected chi connectivity index (χ2v) is 8.18. The number of hydrogen-bond donors (Lipinski definition) is 1. The fourth-order valence-corrected chi connectivity index (χ4v) is 3.67. The Labute approximate surface area is 169 Å². The van der Waals surface area contributed by atoms with Gasteiger partial charge in [0.05, 0.1) is 18.6 Å². The molecule has 1 aliphatic heterocycles. The summed E-state index contributed by atoms with van der Waals surface area (Å²) in [5, 5.41) is 5.15. The van der Waals surface area contributed by atoms with Gasteiger partial charge in [-0.2, -0.15) is 0 Å². The normalized spacial score (nSPS) is 15.4. The van der Waals surface area contributed by atoms with Gasteiger partial charge in [0.25, 0.3) is 0 Å². The molecule has 2 aromatic rings. The fourth-order valence-electron chi connectivity index (χ4n) is 3.13. The van der Waals surface area contributed by atoms with E-state index in [1.54, 1.807) is 6.07 Å². The lowest BCUT2D eigenvalue weighted by Gasteiger charge is -2.14. The molecule has 0 bridgehead atoms. The average molecular weight is 421 g/mol. The highest BCUT2D eigenvalue weighted by Gasteiger charge is 2.23. The van der Waals surface area contributed by atoms with Crippen molar-refractivity contribution in [2.24, 2.45) is 5.14 Å². The van der Waals surface area contributed by atoms with Crippen molar-refractivity contribution in [1.82, 2.24) is 0 Å². The number of ether oxygens (including phenoxy) is 4. The molecule has 0 saturated heterocycles. The first-order chi connectivity index (χ1) is 13.7. The van der Waals surface area contributed by atoms with Gasteiger partial charge in [-0.25, -0.2) is 18.4 Å². The summed E-state index contributed by atoms with van der Waals surface area (Å²) in [4.78, 5) is 12.4. The molecule has 2 N–H and O–H groups in total. The number of methoxy groups -OCH3 is 1. The van der Waals surface area contributed by atoms with Crippen LogP contribution in [0.1, 0.15) is 35.3 Å². The van der Waals surface area contributed by atoms with Crippen LogP contribution in [0.4, 0.5) is 0 Å². The van der Waals surface area contributed by atoms with E-state index in [4.69, 9.17) is 24.1 Å². The molecule has 1 aliphatic rings. The Morgan fingerprint density at radius 3 is 2.66 bits per heavy atom. The summed E-state index contributed by atoms with van der Waals surface area (Å²) < 4.78 is 45.2. The van der Waals surface area contributed by atoms with E-state index in [-0.39, 0.29) is 28.9 Å². The molecular formula is C20H23NO7S. The van der Waals surface area contributed by atoms with Crippen molar-refractivity contribution in [3.8, 4) is 17.2 Å². The molecule has 29 heavy (non-hydrogen) atoms. The van der Waals surface area contributed by atoms with Crippen LogP contribution in [0.5, 0.6) is 17.2 Å². The van der Waals surface area contributed by atoms with Crippen molar-refractivity contribution >= 4 is 16.0 Å². The maximum Gasteiger partial charge on any atom is 0.342 e. The van der Waals surface area contributed by atoms with E-state index in [9.17, 15) is 13.2 Å². The predicted octanol–water partition coefficient (Wildman–Crippen LogP) is 2.42. The zero-order valence-corrected chi connectivity index (χ0v) is 17.2. The minimum absolute atomic E-state index is 0.0389.